The third-order valence-corrected chi connectivity index (χ3v) is 5.73. The van der Waals surface area contributed by atoms with Gasteiger partial charge in [0.2, 0.25) is 0 Å². The number of carbonyl (C=O) groups is 1. The Morgan fingerprint density at radius 1 is 1.23 bits per heavy atom. The number of halogens is 1. The van der Waals surface area contributed by atoms with Crippen LogP contribution in [-0.4, -0.2) is 40.6 Å². The molecule has 2 aromatic carbocycles. The van der Waals surface area contributed by atoms with Gasteiger partial charge in [-0.1, -0.05) is 30.3 Å². The molecule has 1 amide bonds. The van der Waals surface area contributed by atoms with Crippen molar-refractivity contribution in [2.24, 2.45) is 5.92 Å². The number of hydrogen-bond donors (Lipinski definition) is 0. The number of ether oxygens (including phenoxy) is 1. The second kappa shape index (κ2) is 8.69. The van der Waals surface area contributed by atoms with E-state index in [1.165, 1.54) is 19.2 Å². The van der Waals surface area contributed by atoms with Gasteiger partial charge in [0, 0.05) is 42.7 Å². The van der Waals surface area contributed by atoms with Gasteiger partial charge in [0.15, 0.2) is 11.6 Å². The molecule has 0 spiro atoms. The minimum absolute atomic E-state index is 0.133. The maximum Gasteiger partial charge on any atom is 0.253 e. The number of piperidine rings is 1. The third kappa shape index (κ3) is 4.08. The second-order valence-electron chi connectivity index (χ2n) is 7.81. The average molecular weight is 407 g/mol. The number of benzene rings is 2. The number of likely N-dealkylation sites (tertiary alicyclic amines) is 1. The normalized spacial score (nSPS) is 16.5. The first-order chi connectivity index (χ1) is 14.6. The zero-order chi connectivity index (χ0) is 21.1. The molecule has 0 saturated carbocycles. The van der Waals surface area contributed by atoms with Gasteiger partial charge in [0.1, 0.15) is 5.82 Å². The van der Waals surface area contributed by atoms with Crippen molar-refractivity contribution in [3.05, 3.63) is 71.8 Å². The molecule has 3 aromatic rings. The van der Waals surface area contributed by atoms with Crippen LogP contribution >= 0.6 is 0 Å². The number of nitrogens with zero attached hydrogens (tertiary/aromatic N) is 3. The fourth-order valence-corrected chi connectivity index (χ4v) is 4.15. The van der Waals surface area contributed by atoms with Crippen LogP contribution in [0.2, 0.25) is 0 Å². The molecule has 1 saturated heterocycles. The molecule has 156 valence electrons. The minimum Gasteiger partial charge on any atom is -0.494 e. The molecule has 1 aliphatic heterocycles. The maximum absolute atomic E-state index is 14.1. The van der Waals surface area contributed by atoms with Crippen LogP contribution in [-0.2, 0) is 6.54 Å². The molecule has 0 bridgehead atoms. The first-order valence-electron chi connectivity index (χ1n) is 10.3. The predicted octanol–water partition coefficient (Wildman–Crippen LogP) is 4.56. The van der Waals surface area contributed by atoms with E-state index >= 15 is 0 Å². The minimum atomic E-state index is -0.515. The number of aromatic nitrogens is 2. The van der Waals surface area contributed by atoms with E-state index < -0.39 is 5.82 Å². The highest BCUT2D eigenvalue weighted by atomic mass is 19.1. The van der Waals surface area contributed by atoms with Crippen molar-refractivity contribution in [2.45, 2.75) is 26.3 Å². The molecular weight excluding hydrogens is 381 g/mol. The van der Waals surface area contributed by atoms with Crippen molar-refractivity contribution in [2.75, 3.05) is 20.2 Å². The lowest BCUT2D eigenvalue weighted by Crippen LogP contribution is -2.41. The fraction of sp³-hybridized carbons (Fsp3) is 0.333. The summed E-state index contributed by atoms with van der Waals surface area (Å²) in [5.74, 6) is 0.771. The van der Waals surface area contributed by atoms with Crippen LogP contribution in [0.3, 0.4) is 0 Å². The zero-order valence-electron chi connectivity index (χ0n) is 17.3. The van der Waals surface area contributed by atoms with E-state index in [-0.39, 0.29) is 11.7 Å². The Hall–Kier alpha value is -3.15. The van der Waals surface area contributed by atoms with Crippen molar-refractivity contribution in [1.82, 2.24) is 14.5 Å². The summed E-state index contributed by atoms with van der Waals surface area (Å²) >= 11 is 0. The van der Waals surface area contributed by atoms with E-state index in [9.17, 15) is 9.18 Å². The van der Waals surface area contributed by atoms with E-state index in [0.717, 1.165) is 36.5 Å². The van der Waals surface area contributed by atoms with E-state index in [2.05, 4.69) is 28.6 Å². The molecular formula is C24H26FN3O2. The quantitative estimate of drug-likeness (QED) is 0.623. The smallest absolute Gasteiger partial charge is 0.253 e. The van der Waals surface area contributed by atoms with Gasteiger partial charge in [0.05, 0.1) is 7.11 Å². The monoisotopic (exact) mass is 407 g/mol. The van der Waals surface area contributed by atoms with E-state index in [4.69, 9.17) is 4.74 Å². The zero-order valence-corrected chi connectivity index (χ0v) is 17.3. The van der Waals surface area contributed by atoms with Crippen molar-refractivity contribution in [3.8, 4) is 17.1 Å². The molecule has 0 radical (unpaired) electrons. The molecule has 0 aliphatic carbocycles. The summed E-state index contributed by atoms with van der Waals surface area (Å²) in [5.41, 5.74) is 2.55. The van der Waals surface area contributed by atoms with Gasteiger partial charge >= 0.3 is 0 Å². The van der Waals surface area contributed by atoms with Gasteiger partial charge in [-0.25, -0.2) is 9.37 Å². The summed E-state index contributed by atoms with van der Waals surface area (Å²) in [6.45, 7) is 4.21. The SMILES string of the molecule is COc1ccc(C(=O)N2CCCC(Cn3c(C)cnc3-c3ccccc3)C2)cc1F. The van der Waals surface area contributed by atoms with E-state index in [1.54, 1.807) is 6.07 Å². The standard InChI is InChI=1S/C24H26FN3O2/c1-17-14-26-23(19-8-4-3-5-9-19)28(17)16-18-7-6-12-27(15-18)24(29)20-10-11-22(30-2)21(25)13-20/h3-5,8-11,13-14,18H,6-7,12,15-16H2,1-2H3. The van der Waals surface area contributed by atoms with Crippen molar-refractivity contribution in [1.29, 1.82) is 0 Å². The molecule has 6 heteroatoms. The fourth-order valence-electron chi connectivity index (χ4n) is 4.15. The Morgan fingerprint density at radius 2 is 2.03 bits per heavy atom. The highest BCUT2D eigenvalue weighted by molar-refractivity contribution is 5.94. The predicted molar refractivity (Wildman–Crippen MR) is 114 cm³/mol. The number of carbonyl (C=O) groups excluding carboxylic acids is 1. The van der Waals surface area contributed by atoms with E-state index in [1.807, 2.05) is 29.3 Å². The molecule has 0 N–H and O–H groups in total. The summed E-state index contributed by atoms with van der Waals surface area (Å²) in [4.78, 5) is 19.4. The lowest BCUT2D eigenvalue weighted by molar-refractivity contribution is 0.0662. The van der Waals surface area contributed by atoms with Gasteiger partial charge in [-0.3, -0.25) is 4.79 Å². The van der Waals surface area contributed by atoms with Crippen LogP contribution in [0.1, 0.15) is 28.9 Å². The molecule has 5 nitrogen and oxygen atoms in total. The molecule has 1 atom stereocenters. The highest BCUT2D eigenvalue weighted by Crippen LogP contribution is 2.26. The number of hydrogen-bond acceptors (Lipinski definition) is 3. The van der Waals surface area contributed by atoms with Gasteiger partial charge in [-0.05, 0) is 43.9 Å². The maximum atomic E-state index is 14.1. The van der Waals surface area contributed by atoms with Gasteiger partial charge in [0.25, 0.3) is 5.91 Å². The molecule has 30 heavy (non-hydrogen) atoms. The lowest BCUT2D eigenvalue weighted by atomic mass is 9.97. The summed E-state index contributed by atoms with van der Waals surface area (Å²) in [6.07, 6.45) is 3.88. The Labute approximate surface area is 176 Å². The molecule has 1 aromatic heterocycles. The topological polar surface area (TPSA) is 47.4 Å². The molecule has 2 heterocycles. The summed E-state index contributed by atoms with van der Waals surface area (Å²) in [5, 5.41) is 0. The van der Waals surface area contributed by atoms with Gasteiger partial charge in [-0.2, -0.15) is 0 Å². The average Bonchev–Trinajstić information content (AvgIpc) is 3.14. The van der Waals surface area contributed by atoms with Crippen LogP contribution in [0.15, 0.2) is 54.7 Å². The van der Waals surface area contributed by atoms with Gasteiger partial charge < -0.3 is 14.2 Å². The van der Waals surface area contributed by atoms with Crippen molar-refractivity contribution < 1.29 is 13.9 Å². The Morgan fingerprint density at radius 3 is 2.77 bits per heavy atom. The van der Waals surface area contributed by atoms with Crippen molar-refractivity contribution in [3.63, 3.8) is 0 Å². The molecule has 1 aliphatic rings. The number of methoxy groups -OCH3 is 1. The summed E-state index contributed by atoms with van der Waals surface area (Å²) in [7, 11) is 1.41. The van der Waals surface area contributed by atoms with Crippen LogP contribution in [0.5, 0.6) is 5.75 Å². The van der Waals surface area contributed by atoms with Crippen molar-refractivity contribution >= 4 is 5.91 Å². The molecule has 1 unspecified atom stereocenters. The largest absolute Gasteiger partial charge is 0.494 e. The number of rotatable bonds is 5. The summed E-state index contributed by atoms with van der Waals surface area (Å²) in [6, 6.07) is 14.5. The molecule has 1 fully saturated rings. The number of aryl methyl sites for hydroxylation is 1. The van der Waals surface area contributed by atoms with Crippen LogP contribution < -0.4 is 4.74 Å². The first-order valence-corrected chi connectivity index (χ1v) is 10.3. The van der Waals surface area contributed by atoms with E-state index in [0.29, 0.717) is 24.6 Å². The second-order valence-corrected chi connectivity index (χ2v) is 7.81. The summed E-state index contributed by atoms with van der Waals surface area (Å²) < 4.78 is 21.2. The molecule has 4 rings (SSSR count). The Kier molecular flexibility index (Phi) is 5.84. The lowest BCUT2D eigenvalue weighted by Gasteiger charge is -2.33. The number of amides is 1. The highest BCUT2D eigenvalue weighted by Gasteiger charge is 2.26. The van der Waals surface area contributed by atoms with Crippen LogP contribution in [0, 0.1) is 18.7 Å². The van der Waals surface area contributed by atoms with Crippen LogP contribution in [0.4, 0.5) is 4.39 Å². The van der Waals surface area contributed by atoms with Crippen LogP contribution in [0.25, 0.3) is 11.4 Å². The Balaban J connectivity index is 1.50. The number of imidazole rings is 1. The Bertz CT molecular complexity index is 1030. The third-order valence-electron chi connectivity index (χ3n) is 5.73. The first kappa shape index (κ1) is 20.1. The van der Waals surface area contributed by atoms with Gasteiger partial charge in [-0.15, -0.1) is 0 Å².